The normalized spacial score (nSPS) is 11.2. The Morgan fingerprint density at radius 3 is 2.15 bits per heavy atom. The molecule has 0 amide bonds. The van der Waals surface area contributed by atoms with Crippen LogP contribution in [-0.2, 0) is 10.0 Å². The quantitative estimate of drug-likeness (QED) is 0.673. The first kappa shape index (κ1) is 17.9. The van der Waals surface area contributed by atoms with Crippen LogP contribution in [0.15, 0.2) is 71.6 Å². The molecular formula is C19H16F2N2O2S. The minimum absolute atomic E-state index is 0.125. The molecule has 0 aliphatic carbocycles. The smallest absolute Gasteiger partial charge is 0.262 e. The van der Waals surface area contributed by atoms with Crippen molar-refractivity contribution in [3.8, 4) is 0 Å². The lowest BCUT2D eigenvalue weighted by molar-refractivity contribution is 0.586. The van der Waals surface area contributed by atoms with E-state index in [2.05, 4.69) is 10.0 Å². The molecule has 7 heteroatoms. The second-order valence-electron chi connectivity index (χ2n) is 5.70. The van der Waals surface area contributed by atoms with E-state index in [9.17, 15) is 17.2 Å². The van der Waals surface area contributed by atoms with Gasteiger partial charge in [-0.15, -0.1) is 0 Å². The Labute approximate surface area is 150 Å². The van der Waals surface area contributed by atoms with Crippen molar-refractivity contribution < 1.29 is 17.2 Å². The second kappa shape index (κ2) is 7.13. The van der Waals surface area contributed by atoms with Gasteiger partial charge in [-0.05, 0) is 55.0 Å². The molecule has 4 nitrogen and oxygen atoms in total. The molecule has 2 N–H and O–H groups in total. The fourth-order valence-corrected chi connectivity index (χ4v) is 3.74. The van der Waals surface area contributed by atoms with E-state index in [0.717, 1.165) is 12.1 Å². The maximum absolute atomic E-state index is 13.7. The van der Waals surface area contributed by atoms with Gasteiger partial charge in [0.2, 0.25) is 0 Å². The Balaban J connectivity index is 1.76. The fourth-order valence-electron chi connectivity index (χ4n) is 2.44. The molecule has 0 bridgehead atoms. The van der Waals surface area contributed by atoms with Gasteiger partial charge in [0.25, 0.3) is 10.0 Å². The van der Waals surface area contributed by atoms with Crippen molar-refractivity contribution in [1.82, 2.24) is 0 Å². The molecule has 0 heterocycles. The van der Waals surface area contributed by atoms with Gasteiger partial charge < -0.3 is 5.32 Å². The summed E-state index contributed by atoms with van der Waals surface area (Å²) in [6, 6.07) is 16.2. The molecule has 0 aliphatic rings. The Kier molecular flexibility index (Phi) is 4.90. The zero-order valence-corrected chi connectivity index (χ0v) is 14.6. The molecule has 134 valence electrons. The average molecular weight is 374 g/mol. The summed E-state index contributed by atoms with van der Waals surface area (Å²) in [5, 5.41) is 2.81. The molecule has 0 unspecified atom stereocenters. The van der Waals surface area contributed by atoms with Crippen molar-refractivity contribution in [3.63, 3.8) is 0 Å². The van der Waals surface area contributed by atoms with E-state index >= 15 is 0 Å². The van der Waals surface area contributed by atoms with Crippen molar-refractivity contribution in [2.45, 2.75) is 11.8 Å². The van der Waals surface area contributed by atoms with E-state index in [1.165, 1.54) is 12.1 Å². The van der Waals surface area contributed by atoms with E-state index in [0.29, 0.717) is 16.9 Å². The molecule has 0 radical (unpaired) electrons. The van der Waals surface area contributed by atoms with Gasteiger partial charge >= 0.3 is 0 Å². The lowest BCUT2D eigenvalue weighted by atomic mass is 10.2. The Morgan fingerprint density at radius 1 is 0.846 bits per heavy atom. The van der Waals surface area contributed by atoms with E-state index in [4.69, 9.17) is 0 Å². The van der Waals surface area contributed by atoms with Crippen molar-refractivity contribution in [1.29, 1.82) is 0 Å². The topological polar surface area (TPSA) is 58.2 Å². The van der Waals surface area contributed by atoms with Gasteiger partial charge in [0.15, 0.2) is 0 Å². The van der Waals surface area contributed by atoms with E-state index in [-0.39, 0.29) is 10.6 Å². The standard InChI is InChI=1S/C19H16F2N2O2S/c1-13-4-2-3-5-19(13)26(24,25)23-16-9-7-15(8-10-16)22-18-11-6-14(20)12-17(18)21/h2-12,22-23H,1H3. The van der Waals surface area contributed by atoms with Crippen LogP contribution in [0.4, 0.5) is 25.8 Å². The number of nitrogens with one attached hydrogen (secondary N) is 2. The van der Waals surface area contributed by atoms with Crippen LogP contribution < -0.4 is 10.0 Å². The van der Waals surface area contributed by atoms with Crippen LogP contribution in [0.2, 0.25) is 0 Å². The predicted molar refractivity (Wildman–Crippen MR) is 98.1 cm³/mol. The summed E-state index contributed by atoms with van der Waals surface area (Å²) in [7, 11) is -3.70. The van der Waals surface area contributed by atoms with Crippen molar-refractivity contribution in [3.05, 3.63) is 83.9 Å². The third-order valence-electron chi connectivity index (χ3n) is 3.73. The summed E-state index contributed by atoms with van der Waals surface area (Å²) in [5.41, 5.74) is 1.68. The minimum atomic E-state index is -3.70. The van der Waals surface area contributed by atoms with Gasteiger partial charge in [-0.25, -0.2) is 17.2 Å². The number of halogens is 2. The van der Waals surface area contributed by atoms with E-state index in [1.54, 1.807) is 49.4 Å². The number of rotatable bonds is 5. The van der Waals surface area contributed by atoms with Gasteiger partial charge in [-0.2, -0.15) is 0 Å². The molecule has 3 rings (SSSR count). The monoisotopic (exact) mass is 374 g/mol. The third kappa shape index (κ3) is 4.00. The van der Waals surface area contributed by atoms with Gasteiger partial charge in [-0.3, -0.25) is 4.72 Å². The lowest BCUT2D eigenvalue weighted by Gasteiger charge is -2.12. The molecule has 3 aromatic carbocycles. The highest BCUT2D eigenvalue weighted by Gasteiger charge is 2.16. The summed E-state index contributed by atoms with van der Waals surface area (Å²) in [5.74, 6) is -1.37. The first-order chi connectivity index (χ1) is 12.3. The largest absolute Gasteiger partial charge is 0.353 e. The summed E-state index contributed by atoms with van der Waals surface area (Å²) >= 11 is 0. The number of sulfonamides is 1. The highest BCUT2D eigenvalue weighted by Crippen LogP contribution is 2.24. The SMILES string of the molecule is Cc1ccccc1S(=O)(=O)Nc1ccc(Nc2ccc(F)cc2F)cc1. The summed E-state index contributed by atoms with van der Waals surface area (Å²) in [4.78, 5) is 0.204. The zero-order valence-electron chi connectivity index (χ0n) is 13.8. The maximum Gasteiger partial charge on any atom is 0.262 e. The molecule has 0 saturated heterocycles. The number of aryl methyl sites for hydroxylation is 1. The molecule has 0 aliphatic heterocycles. The zero-order chi connectivity index (χ0) is 18.7. The van der Waals surface area contributed by atoms with E-state index < -0.39 is 21.7 Å². The first-order valence-electron chi connectivity index (χ1n) is 7.76. The molecule has 0 fully saturated rings. The number of hydrogen-bond acceptors (Lipinski definition) is 3. The number of benzene rings is 3. The number of hydrogen-bond donors (Lipinski definition) is 2. The first-order valence-corrected chi connectivity index (χ1v) is 9.24. The van der Waals surface area contributed by atoms with Crippen LogP contribution >= 0.6 is 0 Å². The van der Waals surface area contributed by atoms with Gasteiger partial charge in [0.05, 0.1) is 10.6 Å². The van der Waals surface area contributed by atoms with Crippen molar-refractivity contribution in [2.75, 3.05) is 10.0 Å². The number of anilines is 3. The Bertz CT molecular complexity index is 1040. The van der Waals surface area contributed by atoms with E-state index in [1.807, 2.05) is 0 Å². The molecule has 0 aromatic heterocycles. The van der Waals surface area contributed by atoms with Crippen molar-refractivity contribution in [2.24, 2.45) is 0 Å². The molecule has 26 heavy (non-hydrogen) atoms. The van der Waals surface area contributed by atoms with Crippen LogP contribution in [0.1, 0.15) is 5.56 Å². The van der Waals surface area contributed by atoms with Crippen LogP contribution in [-0.4, -0.2) is 8.42 Å². The van der Waals surface area contributed by atoms with Gasteiger partial charge in [0.1, 0.15) is 11.6 Å². The lowest BCUT2D eigenvalue weighted by Crippen LogP contribution is -2.14. The van der Waals surface area contributed by atoms with Gasteiger partial charge in [-0.1, -0.05) is 18.2 Å². The molecule has 0 atom stereocenters. The third-order valence-corrected chi connectivity index (χ3v) is 5.27. The highest BCUT2D eigenvalue weighted by molar-refractivity contribution is 7.92. The highest BCUT2D eigenvalue weighted by atomic mass is 32.2. The maximum atomic E-state index is 13.7. The summed E-state index contributed by atoms with van der Waals surface area (Å²) < 4.78 is 54.0. The summed E-state index contributed by atoms with van der Waals surface area (Å²) in [6.07, 6.45) is 0. The Morgan fingerprint density at radius 2 is 1.50 bits per heavy atom. The molecular weight excluding hydrogens is 358 g/mol. The molecule has 0 spiro atoms. The minimum Gasteiger partial charge on any atom is -0.353 e. The molecule has 0 saturated carbocycles. The average Bonchev–Trinajstić information content (AvgIpc) is 2.59. The predicted octanol–water partition coefficient (Wildman–Crippen LogP) is 4.82. The molecule has 3 aromatic rings. The van der Waals surface area contributed by atoms with Crippen LogP contribution in [0.25, 0.3) is 0 Å². The van der Waals surface area contributed by atoms with Crippen LogP contribution in [0.5, 0.6) is 0 Å². The van der Waals surface area contributed by atoms with Crippen molar-refractivity contribution >= 4 is 27.1 Å². The Hall–Kier alpha value is -2.93. The van der Waals surface area contributed by atoms with Crippen LogP contribution in [0, 0.1) is 18.6 Å². The van der Waals surface area contributed by atoms with Crippen LogP contribution in [0.3, 0.4) is 0 Å². The van der Waals surface area contributed by atoms with Gasteiger partial charge in [0, 0.05) is 17.4 Å². The second-order valence-corrected chi connectivity index (χ2v) is 7.35. The fraction of sp³-hybridized carbons (Fsp3) is 0.0526. The summed E-state index contributed by atoms with van der Waals surface area (Å²) in [6.45, 7) is 1.72.